The van der Waals surface area contributed by atoms with Gasteiger partial charge >= 0.3 is 11.9 Å². The molecule has 0 bridgehead atoms. The highest BCUT2D eigenvalue weighted by atomic mass is 16.7. The van der Waals surface area contributed by atoms with E-state index in [-0.39, 0.29) is 43.2 Å². The molecule has 19 unspecified atom stereocenters. The molecule has 3 heterocycles. The Hall–Kier alpha value is -2.35. The van der Waals surface area contributed by atoms with Crippen LogP contribution >= 0.6 is 0 Å². The first kappa shape index (κ1) is 52.3. The van der Waals surface area contributed by atoms with Crippen LogP contribution in [0.25, 0.3) is 0 Å². The zero-order valence-corrected chi connectivity index (χ0v) is 39.2. The number of aliphatic hydroxyl groups is 3. The van der Waals surface area contributed by atoms with Crippen molar-refractivity contribution in [3.8, 4) is 0 Å². The van der Waals surface area contributed by atoms with Gasteiger partial charge in [-0.2, -0.15) is 0 Å². The summed E-state index contributed by atoms with van der Waals surface area (Å²) in [6.45, 7) is 12.3. The van der Waals surface area contributed by atoms with E-state index in [1.54, 1.807) is 20.8 Å². The Balaban J connectivity index is 1.74. The molecule has 3 aliphatic heterocycles. The summed E-state index contributed by atoms with van der Waals surface area (Å²) >= 11 is 0. The maximum Gasteiger partial charge on any atom is 0.309 e. The Morgan fingerprint density at radius 2 is 1.58 bits per heavy atom. The molecule has 2 saturated heterocycles. The largest absolute Gasteiger partial charge is 0.462 e. The highest BCUT2D eigenvalue weighted by Gasteiger charge is 2.51. The standard InChI is InChI=1S/C46H78N2O14/c1-26-20-32(18-19-49)43(61-35-21-27(2)42(40(41(35)52)48(10)11)62-39-25-46(7,54)45(53)30(5)58-39)44(55-12)36(59-31(6)50)24-37(51)56-28(3)16-14-13-15-17-34(26)60-38-23-33(47(8)9)22-29(4)57-38/h13-15,17,19,26-30,32-36,38-45,52-54H,16,18,20-25H2,1-12H3. The van der Waals surface area contributed by atoms with Crippen LogP contribution in [0.5, 0.6) is 0 Å². The molecule has 0 aromatic heterocycles. The quantitative estimate of drug-likeness (QED) is 0.190. The Kier molecular flexibility index (Phi) is 20.0. The first-order chi connectivity index (χ1) is 29.1. The molecule has 1 aliphatic carbocycles. The zero-order chi connectivity index (χ0) is 46.1. The highest BCUT2D eigenvalue weighted by molar-refractivity contribution is 5.72. The number of aldehydes is 1. The number of carbonyl (C=O) groups excluding carboxylic acids is 3. The lowest BCUT2D eigenvalue weighted by atomic mass is 9.78. The lowest BCUT2D eigenvalue weighted by molar-refractivity contribution is -0.302. The van der Waals surface area contributed by atoms with Crippen molar-refractivity contribution in [3.05, 3.63) is 24.3 Å². The van der Waals surface area contributed by atoms with Crippen LogP contribution in [0, 0.1) is 17.8 Å². The van der Waals surface area contributed by atoms with Crippen molar-refractivity contribution >= 4 is 18.2 Å². The van der Waals surface area contributed by atoms with Gasteiger partial charge in [0.15, 0.2) is 12.6 Å². The normalized spacial score (nSPS) is 43.0. The van der Waals surface area contributed by atoms with Crippen molar-refractivity contribution in [3.63, 3.8) is 0 Å². The van der Waals surface area contributed by atoms with Gasteiger partial charge in [0.2, 0.25) is 0 Å². The van der Waals surface area contributed by atoms with Crippen molar-refractivity contribution in [1.29, 1.82) is 0 Å². The Labute approximate surface area is 369 Å². The third kappa shape index (κ3) is 14.3. The summed E-state index contributed by atoms with van der Waals surface area (Å²) in [7, 11) is 9.20. The van der Waals surface area contributed by atoms with Crippen LogP contribution < -0.4 is 0 Å². The van der Waals surface area contributed by atoms with E-state index in [1.807, 2.05) is 64.1 Å². The molecule has 0 aromatic carbocycles. The molecule has 0 spiro atoms. The van der Waals surface area contributed by atoms with Gasteiger partial charge in [0.25, 0.3) is 0 Å². The van der Waals surface area contributed by atoms with E-state index in [9.17, 15) is 29.7 Å². The second kappa shape index (κ2) is 23.7. The summed E-state index contributed by atoms with van der Waals surface area (Å²) in [4.78, 5) is 42.9. The lowest BCUT2D eigenvalue weighted by Gasteiger charge is -2.50. The Bertz CT molecular complexity index is 1480. The maximum absolute atomic E-state index is 13.5. The third-order valence-corrected chi connectivity index (χ3v) is 13.1. The first-order valence-corrected chi connectivity index (χ1v) is 22.5. The molecule has 16 nitrogen and oxygen atoms in total. The van der Waals surface area contributed by atoms with Crippen LogP contribution in [-0.2, 0) is 52.3 Å². The number of hydrogen-bond acceptors (Lipinski definition) is 16. The number of aliphatic hydroxyl groups excluding tert-OH is 2. The molecule has 19 atom stereocenters. The summed E-state index contributed by atoms with van der Waals surface area (Å²) < 4.78 is 50.4. The molecule has 62 heavy (non-hydrogen) atoms. The molecule has 4 rings (SSSR count). The van der Waals surface area contributed by atoms with Crippen LogP contribution in [0.3, 0.4) is 0 Å². The van der Waals surface area contributed by atoms with E-state index in [4.69, 9.17) is 37.9 Å². The van der Waals surface area contributed by atoms with Crippen LogP contribution in [0.1, 0.15) is 99.8 Å². The molecule has 3 N–H and O–H groups in total. The summed E-state index contributed by atoms with van der Waals surface area (Å²) in [5.74, 6) is -2.27. The average Bonchev–Trinajstić information content (AvgIpc) is 3.16. The monoisotopic (exact) mass is 883 g/mol. The molecule has 4 aliphatic rings. The second-order valence-corrected chi connectivity index (χ2v) is 19.0. The number of carbonyl (C=O) groups is 3. The minimum Gasteiger partial charge on any atom is -0.462 e. The van der Waals surface area contributed by atoms with E-state index in [0.717, 1.165) is 12.7 Å². The summed E-state index contributed by atoms with van der Waals surface area (Å²) in [6, 6.07) is -0.364. The van der Waals surface area contributed by atoms with Gasteiger partial charge in [-0.15, -0.1) is 0 Å². The van der Waals surface area contributed by atoms with Crippen molar-refractivity contribution in [2.45, 2.75) is 197 Å². The summed E-state index contributed by atoms with van der Waals surface area (Å²) in [5.41, 5.74) is -1.45. The molecule has 1 saturated carbocycles. The number of hydrogen-bond donors (Lipinski definition) is 3. The summed E-state index contributed by atoms with van der Waals surface area (Å²) in [5, 5.41) is 33.8. The van der Waals surface area contributed by atoms with Gasteiger partial charge in [-0.25, -0.2) is 0 Å². The van der Waals surface area contributed by atoms with Crippen LogP contribution in [0.4, 0.5) is 0 Å². The topological polar surface area (TPSA) is 192 Å². The fourth-order valence-corrected chi connectivity index (χ4v) is 9.75. The van der Waals surface area contributed by atoms with Gasteiger partial charge < -0.3 is 67.8 Å². The molecule has 0 amide bonds. The number of rotatable bonds is 12. The zero-order valence-electron chi connectivity index (χ0n) is 39.2. The number of likely N-dealkylation sites (N-methyl/N-ethyl adjacent to an activating group) is 1. The minimum absolute atomic E-state index is 0.0150. The Morgan fingerprint density at radius 1 is 0.871 bits per heavy atom. The molecule has 356 valence electrons. The number of methoxy groups -OCH3 is 1. The second-order valence-electron chi connectivity index (χ2n) is 19.0. The van der Waals surface area contributed by atoms with Crippen molar-refractivity contribution in [2.24, 2.45) is 17.8 Å². The SMILES string of the molecule is COC1C(OC(C)=O)CC(=O)OC(C)CC=CC=CC(OC2CC(N(C)C)CC(C)O2)C(C)CC(CC=O)C1OC1CC(C)C(OC2CC(C)(O)C(O)C(C)O2)C(N(C)C)C1O. The average molecular weight is 883 g/mol. The first-order valence-electron chi connectivity index (χ1n) is 22.5. The Morgan fingerprint density at radius 3 is 2.19 bits per heavy atom. The van der Waals surface area contributed by atoms with E-state index in [1.165, 1.54) is 14.0 Å². The van der Waals surface area contributed by atoms with Gasteiger partial charge in [0.1, 0.15) is 30.7 Å². The van der Waals surface area contributed by atoms with Crippen molar-refractivity contribution < 1.29 is 67.6 Å². The van der Waals surface area contributed by atoms with Crippen molar-refractivity contribution in [1.82, 2.24) is 9.80 Å². The molecule has 0 aromatic rings. The van der Waals surface area contributed by atoms with Gasteiger partial charge in [-0.05, 0) is 92.9 Å². The van der Waals surface area contributed by atoms with Crippen molar-refractivity contribution in [2.75, 3.05) is 35.3 Å². The minimum atomic E-state index is -1.45. The molecule has 0 radical (unpaired) electrons. The van der Waals surface area contributed by atoms with Gasteiger partial charge in [0, 0.05) is 45.8 Å². The fourth-order valence-electron chi connectivity index (χ4n) is 9.75. The molecular formula is C46H78N2O14. The molecule has 3 fully saturated rings. The number of nitrogens with zero attached hydrogens (tertiary/aromatic N) is 2. The molecular weight excluding hydrogens is 805 g/mol. The lowest BCUT2D eigenvalue weighted by Crippen LogP contribution is -2.63. The van der Waals surface area contributed by atoms with Crippen LogP contribution in [-0.4, -0.2) is 176 Å². The fraction of sp³-hybridized carbons (Fsp3) is 0.848. The maximum atomic E-state index is 13.5. The number of allylic oxidation sites excluding steroid dienone is 2. The van der Waals surface area contributed by atoms with Gasteiger partial charge in [0.05, 0.1) is 60.8 Å². The van der Waals surface area contributed by atoms with Crippen LogP contribution in [0.2, 0.25) is 0 Å². The highest BCUT2D eigenvalue weighted by Crippen LogP contribution is 2.39. The molecule has 16 heteroatoms. The van der Waals surface area contributed by atoms with Crippen LogP contribution in [0.15, 0.2) is 24.3 Å². The predicted octanol–water partition coefficient (Wildman–Crippen LogP) is 3.56. The van der Waals surface area contributed by atoms with E-state index in [0.29, 0.717) is 25.7 Å². The van der Waals surface area contributed by atoms with Gasteiger partial charge in [-0.1, -0.05) is 38.2 Å². The predicted molar refractivity (Wildman–Crippen MR) is 230 cm³/mol. The third-order valence-electron chi connectivity index (χ3n) is 13.1. The van der Waals surface area contributed by atoms with Gasteiger partial charge in [-0.3, -0.25) is 9.59 Å². The summed E-state index contributed by atoms with van der Waals surface area (Å²) in [6.07, 6.45) is 0.988. The number of esters is 2. The van der Waals surface area contributed by atoms with E-state index in [2.05, 4.69) is 19.0 Å². The number of cyclic esters (lactones) is 1. The van der Waals surface area contributed by atoms with E-state index < -0.39 is 103 Å². The number of ether oxygens (including phenoxy) is 8. The van der Waals surface area contributed by atoms with E-state index >= 15 is 0 Å². The smallest absolute Gasteiger partial charge is 0.309 e.